The van der Waals surface area contributed by atoms with E-state index in [0.29, 0.717) is 5.89 Å². The van der Waals surface area contributed by atoms with Crippen LogP contribution in [0.25, 0.3) is 0 Å². The van der Waals surface area contributed by atoms with Crippen molar-refractivity contribution in [2.75, 3.05) is 0 Å². The molecule has 2 N–H and O–H groups in total. The molecular weight excluding hydrogens is 274 g/mol. The van der Waals surface area contributed by atoms with Crippen LogP contribution < -0.4 is 5.32 Å². The van der Waals surface area contributed by atoms with Crippen molar-refractivity contribution in [2.45, 2.75) is 32.6 Å². The first kappa shape index (κ1) is 15.0. The monoisotopic (exact) mass is 291 g/mol. The van der Waals surface area contributed by atoms with Crippen molar-refractivity contribution in [2.24, 2.45) is 0 Å². The van der Waals surface area contributed by atoms with E-state index >= 15 is 0 Å². The molecule has 0 fully saturated rings. The van der Waals surface area contributed by atoms with Crippen LogP contribution in [0.3, 0.4) is 0 Å². The Kier molecular flexibility index (Phi) is 4.89. The largest absolute Gasteiger partial charge is 0.445 e. The number of aliphatic hydroxyl groups excluding tert-OH is 1. The number of ether oxygens (including phenoxy) is 1. The van der Waals surface area contributed by atoms with Crippen molar-refractivity contribution in [3.8, 4) is 0 Å². The summed E-state index contributed by atoms with van der Waals surface area (Å²) in [6.45, 7) is 3.41. The lowest BCUT2D eigenvalue weighted by atomic mass is 10.2. The summed E-state index contributed by atoms with van der Waals surface area (Å²) in [4.78, 5) is 15.6. The van der Waals surface area contributed by atoms with Gasteiger partial charge in [0.2, 0.25) is 11.7 Å². The molecule has 2 atom stereocenters. The molecule has 0 bridgehead atoms. The number of nitrogens with one attached hydrogen (secondary N) is 1. The number of alkyl carbamates (subject to hydrolysis) is 1. The average molecular weight is 291 g/mol. The Hall–Kier alpha value is -2.41. The summed E-state index contributed by atoms with van der Waals surface area (Å²) in [5.74, 6) is 0.478. The van der Waals surface area contributed by atoms with Gasteiger partial charge in [0.25, 0.3) is 0 Å². The van der Waals surface area contributed by atoms with E-state index in [1.165, 1.54) is 0 Å². The van der Waals surface area contributed by atoms with Crippen LogP contribution in [0.4, 0.5) is 4.79 Å². The number of carbonyl (C=O) groups is 1. The van der Waals surface area contributed by atoms with Crippen molar-refractivity contribution >= 4 is 6.09 Å². The topological polar surface area (TPSA) is 97.5 Å². The number of nitrogens with zero attached hydrogens (tertiary/aromatic N) is 2. The van der Waals surface area contributed by atoms with Crippen molar-refractivity contribution in [3.63, 3.8) is 0 Å². The van der Waals surface area contributed by atoms with Gasteiger partial charge in [0.15, 0.2) is 0 Å². The number of rotatable bonds is 5. The molecule has 0 aliphatic carbocycles. The Bertz CT molecular complexity index is 585. The van der Waals surface area contributed by atoms with Crippen molar-refractivity contribution < 1.29 is 19.2 Å². The molecule has 21 heavy (non-hydrogen) atoms. The second kappa shape index (κ2) is 6.85. The van der Waals surface area contributed by atoms with Gasteiger partial charge in [-0.05, 0) is 12.5 Å². The first-order valence-corrected chi connectivity index (χ1v) is 6.51. The molecule has 0 aliphatic rings. The highest BCUT2D eigenvalue weighted by Gasteiger charge is 2.23. The Morgan fingerprint density at radius 3 is 2.76 bits per heavy atom. The summed E-state index contributed by atoms with van der Waals surface area (Å²) in [7, 11) is 0. The van der Waals surface area contributed by atoms with Gasteiger partial charge >= 0.3 is 6.09 Å². The number of aliphatic hydroxyl groups is 1. The zero-order chi connectivity index (χ0) is 15.2. The quantitative estimate of drug-likeness (QED) is 0.870. The van der Waals surface area contributed by atoms with Crippen LogP contribution in [0.1, 0.15) is 30.3 Å². The van der Waals surface area contributed by atoms with Gasteiger partial charge in [-0.3, -0.25) is 0 Å². The standard InChI is InChI=1S/C14H17N3O4/c1-9(12(18)13-16-10(2)21-17-13)15-14(19)20-8-11-6-4-3-5-7-11/h3-7,9,12,18H,8H2,1-2H3,(H,15,19)/t9-,12?/m0/s1. The smallest absolute Gasteiger partial charge is 0.407 e. The molecule has 0 saturated heterocycles. The minimum atomic E-state index is -1.06. The van der Waals surface area contributed by atoms with Crippen LogP contribution in [-0.2, 0) is 11.3 Å². The molecule has 7 heteroatoms. The van der Waals surface area contributed by atoms with Gasteiger partial charge in [-0.15, -0.1) is 0 Å². The fourth-order valence-electron chi connectivity index (χ4n) is 1.69. The van der Waals surface area contributed by atoms with Gasteiger partial charge in [0.1, 0.15) is 12.7 Å². The number of hydrogen-bond donors (Lipinski definition) is 2. The second-order valence-electron chi connectivity index (χ2n) is 4.61. The maximum absolute atomic E-state index is 11.7. The average Bonchev–Trinajstić information content (AvgIpc) is 2.92. The van der Waals surface area contributed by atoms with E-state index in [0.717, 1.165) is 5.56 Å². The molecule has 1 heterocycles. The van der Waals surface area contributed by atoms with Crippen LogP contribution in [0, 0.1) is 6.92 Å². The lowest BCUT2D eigenvalue weighted by Crippen LogP contribution is -2.37. The third-order valence-corrected chi connectivity index (χ3v) is 2.84. The molecule has 0 aliphatic heterocycles. The molecule has 0 radical (unpaired) electrons. The van der Waals surface area contributed by atoms with Gasteiger partial charge in [0, 0.05) is 6.92 Å². The van der Waals surface area contributed by atoms with Gasteiger partial charge in [0.05, 0.1) is 6.04 Å². The van der Waals surface area contributed by atoms with Crippen molar-refractivity contribution in [3.05, 3.63) is 47.6 Å². The minimum Gasteiger partial charge on any atom is -0.445 e. The van der Waals surface area contributed by atoms with Crippen LogP contribution >= 0.6 is 0 Å². The fourth-order valence-corrected chi connectivity index (χ4v) is 1.69. The highest BCUT2D eigenvalue weighted by atomic mass is 16.5. The Morgan fingerprint density at radius 1 is 1.43 bits per heavy atom. The maximum Gasteiger partial charge on any atom is 0.407 e. The van der Waals surface area contributed by atoms with E-state index in [1.807, 2.05) is 30.3 Å². The maximum atomic E-state index is 11.7. The van der Waals surface area contributed by atoms with Gasteiger partial charge < -0.3 is 19.7 Å². The van der Waals surface area contributed by atoms with E-state index < -0.39 is 18.2 Å². The molecule has 2 aromatic rings. The normalized spacial score (nSPS) is 13.5. The number of carbonyl (C=O) groups excluding carboxylic acids is 1. The predicted molar refractivity (Wildman–Crippen MR) is 73.2 cm³/mol. The molecule has 1 unspecified atom stereocenters. The highest BCUT2D eigenvalue weighted by molar-refractivity contribution is 5.67. The minimum absolute atomic E-state index is 0.128. The zero-order valence-corrected chi connectivity index (χ0v) is 11.8. The molecule has 1 aromatic carbocycles. The molecule has 0 spiro atoms. The number of amides is 1. The lowest BCUT2D eigenvalue weighted by molar-refractivity contribution is 0.101. The first-order chi connectivity index (χ1) is 10.1. The van der Waals surface area contributed by atoms with E-state index in [1.54, 1.807) is 13.8 Å². The number of aryl methyl sites for hydroxylation is 1. The fraction of sp³-hybridized carbons (Fsp3) is 0.357. The van der Waals surface area contributed by atoms with Gasteiger partial charge in [-0.25, -0.2) is 4.79 Å². The Labute approximate surface area is 121 Å². The van der Waals surface area contributed by atoms with Crippen molar-refractivity contribution in [1.82, 2.24) is 15.5 Å². The molecule has 7 nitrogen and oxygen atoms in total. The van der Waals surface area contributed by atoms with Crippen LogP contribution in [-0.4, -0.2) is 27.4 Å². The summed E-state index contributed by atoms with van der Waals surface area (Å²) in [5, 5.41) is 16.1. The van der Waals surface area contributed by atoms with Gasteiger partial charge in [-0.2, -0.15) is 4.98 Å². The summed E-state index contributed by atoms with van der Waals surface area (Å²) >= 11 is 0. The third-order valence-electron chi connectivity index (χ3n) is 2.84. The van der Waals surface area contributed by atoms with E-state index in [9.17, 15) is 9.90 Å². The molecule has 0 saturated carbocycles. The number of benzene rings is 1. The SMILES string of the molecule is Cc1nc(C(O)[C@H](C)NC(=O)OCc2ccccc2)no1. The van der Waals surface area contributed by atoms with E-state index in [2.05, 4.69) is 15.5 Å². The van der Waals surface area contributed by atoms with Crippen LogP contribution in [0.5, 0.6) is 0 Å². The Morgan fingerprint density at radius 2 is 2.14 bits per heavy atom. The summed E-state index contributed by atoms with van der Waals surface area (Å²) in [6, 6.07) is 8.71. The van der Waals surface area contributed by atoms with Gasteiger partial charge in [-0.1, -0.05) is 35.5 Å². The molecular formula is C14H17N3O4. The molecule has 2 rings (SSSR count). The summed E-state index contributed by atoms with van der Waals surface area (Å²) in [6.07, 6.45) is -1.68. The van der Waals surface area contributed by atoms with Crippen LogP contribution in [0.2, 0.25) is 0 Å². The highest BCUT2D eigenvalue weighted by Crippen LogP contribution is 2.13. The first-order valence-electron chi connectivity index (χ1n) is 6.51. The van der Waals surface area contributed by atoms with Crippen LogP contribution in [0.15, 0.2) is 34.9 Å². The van der Waals surface area contributed by atoms with E-state index in [4.69, 9.17) is 9.26 Å². The number of aromatic nitrogens is 2. The molecule has 1 aromatic heterocycles. The summed E-state index contributed by atoms with van der Waals surface area (Å²) in [5.41, 5.74) is 0.884. The molecule has 1 amide bonds. The van der Waals surface area contributed by atoms with E-state index in [-0.39, 0.29) is 12.4 Å². The number of hydrogen-bond acceptors (Lipinski definition) is 6. The molecule has 112 valence electrons. The second-order valence-corrected chi connectivity index (χ2v) is 4.61. The van der Waals surface area contributed by atoms with Crippen molar-refractivity contribution in [1.29, 1.82) is 0 Å². The Balaban J connectivity index is 1.81. The summed E-state index contributed by atoms with van der Waals surface area (Å²) < 4.78 is 9.85. The third kappa shape index (κ3) is 4.28. The lowest BCUT2D eigenvalue weighted by Gasteiger charge is -2.17. The zero-order valence-electron chi connectivity index (χ0n) is 11.8. The predicted octanol–water partition coefficient (Wildman–Crippen LogP) is 1.73.